The second-order valence-corrected chi connectivity index (χ2v) is 11.7. The minimum absolute atomic E-state index is 0.416. The van der Waals surface area contributed by atoms with E-state index in [1.54, 1.807) is 0 Å². The van der Waals surface area contributed by atoms with E-state index >= 15 is 0 Å². The van der Waals surface area contributed by atoms with Gasteiger partial charge in [0.1, 0.15) is 5.58 Å². The fourth-order valence-electron chi connectivity index (χ4n) is 8.07. The van der Waals surface area contributed by atoms with E-state index in [-0.39, 0.29) is 0 Å². The highest BCUT2D eigenvalue weighted by atomic mass is 16.3. The van der Waals surface area contributed by atoms with Crippen molar-refractivity contribution in [2.24, 2.45) is 0 Å². The van der Waals surface area contributed by atoms with Crippen molar-refractivity contribution in [3.8, 4) is 22.3 Å². The van der Waals surface area contributed by atoms with Crippen molar-refractivity contribution >= 4 is 44.1 Å². The summed E-state index contributed by atoms with van der Waals surface area (Å²) in [5, 5.41) is 8.63. The molecule has 43 heavy (non-hydrogen) atoms. The molecule has 0 aliphatic heterocycles. The van der Waals surface area contributed by atoms with E-state index in [1.165, 1.54) is 55.3 Å². The molecule has 1 spiro atoms. The van der Waals surface area contributed by atoms with Gasteiger partial charge >= 0.3 is 0 Å². The van der Waals surface area contributed by atoms with Crippen LogP contribution in [0, 0.1) is 0 Å². The van der Waals surface area contributed by atoms with Gasteiger partial charge in [0, 0.05) is 22.0 Å². The van der Waals surface area contributed by atoms with E-state index in [1.807, 2.05) is 0 Å². The smallest absolute Gasteiger partial charge is 0.158 e. The van der Waals surface area contributed by atoms with E-state index < -0.39 is 5.41 Å². The SMILES string of the molecule is c1ccc2c(c1)-c1ccccc1C21c2ccccc2-c2cccc(Nc3cccc4c3oc3ccc5ccccc5c34)c21. The first kappa shape index (κ1) is 23.0. The first-order chi connectivity index (χ1) is 21.3. The van der Waals surface area contributed by atoms with Crippen molar-refractivity contribution in [3.63, 3.8) is 0 Å². The van der Waals surface area contributed by atoms with Crippen LogP contribution >= 0.6 is 0 Å². The topological polar surface area (TPSA) is 25.2 Å². The van der Waals surface area contributed by atoms with Crippen LogP contribution < -0.4 is 5.32 Å². The number of furan rings is 1. The Balaban J connectivity index is 1.26. The lowest BCUT2D eigenvalue weighted by molar-refractivity contribution is 0.670. The highest BCUT2D eigenvalue weighted by Gasteiger charge is 2.52. The predicted octanol–water partition coefficient (Wildman–Crippen LogP) is 10.8. The minimum atomic E-state index is -0.416. The fourth-order valence-corrected chi connectivity index (χ4v) is 8.07. The molecule has 7 aromatic carbocycles. The summed E-state index contributed by atoms with van der Waals surface area (Å²) in [7, 11) is 0. The van der Waals surface area contributed by atoms with Crippen molar-refractivity contribution in [1.82, 2.24) is 0 Å². The number of anilines is 2. The van der Waals surface area contributed by atoms with Crippen molar-refractivity contribution in [3.05, 3.63) is 168 Å². The molecule has 2 heteroatoms. The van der Waals surface area contributed by atoms with Crippen LogP contribution in [0.25, 0.3) is 55.0 Å². The zero-order valence-corrected chi connectivity index (χ0v) is 23.3. The fraction of sp³-hybridized carbons (Fsp3) is 0.0244. The van der Waals surface area contributed by atoms with Crippen LogP contribution in [-0.2, 0) is 5.41 Å². The van der Waals surface area contributed by atoms with Gasteiger partial charge in [0.05, 0.1) is 11.1 Å². The van der Waals surface area contributed by atoms with E-state index in [0.29, 0.717) is 0 Å². The number of benzene rings is 7. The van der Waals surface area contributed by atoms with Crippen molar-refractivity contribution < 1.29 is 4.42 Å². The molecule has 0 amide bonds. The summed E-state index contributed by atoms with van der Waals surface area (Å²) < 4.78 is 6.61. The summed E-state index contributed by atoms with van der Waals surface area (Å²) in [4.78, 5) is 0. The highest BCUT2D eigenvalue weighted by Crippen LogP contribution is 2.64. The molecule has 1 heterocycles. The van der Waals surface area contributed by atoms with E-state index in [9.17, 15) is 0 Å². The van der Waals surface area contributed by atoms with Gasteiger partial charge in [-0.1, -0.05) is 127 Å². The summed E-state index contributed by atoms with van der Waals surface area (Å²) in [6, 6.07) is 52.7. The van der Waals surface area contributed by atoms with Crippen LogP contribution in [0.5, 0.6) is 0 Å². The molecular formula is C41H25NO. The molecule has 0 bridgehead atoms. The van der Waals surface area contributed by atoms with Crippen LogP contribution in [0.4, 0.5) is 11.4 Å². The minimum Gasteiger partial charge on any atom is -0.454 e. The van der Waals surface area contributed by atoms with Gasteiger partial charge in [-0.15, -0.1) is 0 Å². The summed E-state index contributed by atoms with van der Waals surface area (Å²) in [5.41, 5.74) is 13.9. The summed E-state index contributed by atoms with van der Waals surface area (Å²) in [5.74, 6) is 0. The molecular weight excluding hydrogens is 522 g/mol. The molecule has 1 aromatic heterocycles. The monoisotopic (exact) mass is 547 g/mol. The van der Waals surface area contributed by atoms with Gasteiger partial charge in [0.15, 0.2) is 5.58 Å². The molecule has 0 radical (unpaired) electrons. The van der Waals surface area contributed by atoms with Crippen molar-refractivity contribution in [2.45, 2.75) is 5.41 Å². The molecule has 1 N–H and O–H groups in total. The van der Waals surface area contributed by atoms with Gasteiger partial charge in [0.2, 0.25) is 0 Å². The third-order valence-corrected chi connectivity index (χ3v) is 9.67. The molecule has 8 aromatic rings. The van der Waals surface area contributed by atoms with E-state index in [2.05, 4.69) is 151 Å². The Labute approximate surface area is 248 Å². The summed E-state index contributed by atoms with van der Waals surface area (Å²) in [6.45, 7) is 0. The van der Waals surface area contributed by atoms with Crippen LogP contribution in [0.15, 0.2) is 150 Å². The molecule has 0 atom stereocenters. The molecule has 2 aliphatic carbocycles. The molecule has 0 unspecified atom stereocenters. The zero-order chi connectivity index (χ0) is 28.1. The quantitative estimate of drug-likeness (QED) is 0.233. The van der Waals surface area contributed by atoms with Crippen LogP contribution in [0.3, 0.4) is 0 Å². The average molecular weight is 548 g/mol. The van der Waals surface area contributed by atoms with Gasteiger partial charge in [-0.2, -0.15) is 0 Å². The highest BCUT2D eigenvalue weighted by molar-refractivity contribution is 6.20. The zero-order valence-electron chi connectivity index (χ0n) is 23.3. The molecule has 200 valence electrons. The lowest BCUT2D eigenvalue weighted by Gasteiger charge is -2.32. The lowest BCUT2D eigenvalue weighted by Crippen LogP contribution is -2.26. The molecule has 0 saturated carbocycles. The summed E-state index contributed by atoms with van der Waals surface area (Å²) >= 11 is 0. The van der Waals surface area contributed by atoms with E-state index in [4.69, 9.17) is 4.42 Å². The Hall–Kier alpha value is -5.60. The van der Waals surface area contributed by atoms with Gasteiger partial charge in [-0.05, 0) is 67.9 Å². The Bertz CT molecular complexity index is 2380. The standard InChI is InChI=1S/C41H25NO/c1-2-12-26-25(11-1)23-24-37-38(26)31-17-10-22-36(40(31)43-37)42-35-21-9-16-30-29-15-5-8-20-34(29)41(39(30)35)32-18-6-3-13-27(32)28-14-4-7-19-33(28)41/h1-24,42H. The molecule has 0 fully saturated rings. The molecule has 2 nitrogen and oxygen atoms in total. The first-order valence-electron chi connectivity index (χ1n) is 14.9. The first-order valence-corrected chi connectivity index (χ1v) is 14.9. The maximum Gasteiger partial charge on any atom is 0.158 e. The molecule has 10 rings (SSSR count). The second kappa shape index (κ2) is 8.24. The molecule has 2 aliphatic rings. The predicted molar refractivity (Wildman–Crippen MR) is 177 cm³/mol. The van der Waals surface area contributed by atoms with Crippen LogP contribution in [0.1, 0.15) is 22.3 Å². The largest absolute Gasteiger partial charge is 0.454 e. The second-order valence-electron chi connectivity index (χ2n) is 11.7. The normalized spacial score (nSPS) is 13.8. The maximum absolute atomic E-state index is 6.61. The van der Waals surface area contributed by atoms with Crippen LogP contribution in [-0.4, -0.2) is 0 Å². The number of rotatable bonds is 2. The number of para-hydroxylation sites is 1. The average Bonchev–Trinajstić information content (AvgIpc) is 3.70. The Morgan fingerprint density at radius 2 is 1.00 bits per heavy atom. The van der Waals surface area contributed by atoms with E-state index in [0.717, 1.165) is 33.3 Å². The van der Waals surface area contributed by atoms with Gasteiger partial charge in [-0.25, -0.2) is 0 Å². The number of hydrogen-bond acceptors (Lipinski definition) is 2. The van der Waals surface area contributed by atoms with Crippen molar-refractivity contribution in [1.29, 1.82) is 0 Å². The summed E-state index contributed by atoms with van der Waals surface area (Å²) in [6.07, 6.45) is 0. The third-order valence-electron chi connectivity index (χ3n) is 9.67. The Morgan fingerprint density at radius 3 is 1.74 bits per heavy atom. The Morgan fingerprint density at radius 1 is 0.442 bits per heavy atom. The van der Waals surface area contributed by atoms with Gasteiger partial charge < -0.3 is 9.73 Å². The number of hydrogen-bond donors (Lipinski definition) is 1. The lowest BCUT2D eigenvalue weighted by atomic mass is 9.70. The molecule has 0 saturated heterocycles. The maximum atomic E-state index is 6.61. The Kier molecular flexibility index (Phi) is 4.41. The third kappa shape index (κ3) is 2.83. The number of nitrogens with one attached hydrogen (secondary N) is 1. The van der Waals surface area contributed by atoms with Crippen LogP contribution in [0.2, 0.25) is 0 Å². The van der Waals surface area contributed by atoms with Gasteiger partial charge in [0.25, 0.3) is 0 Å². The number of fused-ring (bicyclic) bond motifs is 15. The van der Waals surface area contributed by atoms with Gasteiger partial charge in [-0.3, -0.25) is 0 Å². The van der Waals surface area contributed by atoms with Crippen molar-refractivity contribution in [2.75, 3.05) is 5.32 Å².